The zero-order chi connectivity index (χ0) is 18.9. The number of aliphatic imine (C=N–C) groups is 1. The van der Waals surface area contributed by atoms with Crippen LogP contribution >= 0.6 is 24.0 Å². The SMILES string of the molecule is CCCOc1ccccc1Oc1ncccc1CN=C(NCC)NC1CC1.I. The molecule has 2 aromatic rings. The Balaban J connectivity index is 0.00000280. The predicted octanol–water partition coefficient (Wildman–Crippen LogP) is 4.50. The van der Waals surface area contributed by atoms with Gasteiger partial charge in [0.1, 0.15) is 0 Å². The topological polar surface area (TPSA) is 67.8 Å². The van der Waals surface area contributed by atoms with Gasteiger partial charge in [0, 0.05) is 24.3 Å². The van der Waals surface area contributed by atoms with Crippen molar-refractivity contribution >= 4 is 29.9 Å². The third-order valence-corrected chi connectivity index (χ3v) is 4.04. The van der Waals surface area contributed by atoms with Gasteiger partial charge in [0.15, 0.2) is 17.5 Å². The first-order valence-corrected chi connectivity index (χ1v) is 9.68. The Bertz CT molecular complexity index is 766. The number of ether oxygens (including phenoxy) is 2. The number of para-hydroxylation sites is 2. The van der Waals surface area contributed by atoms with E-state index >= 15 is 0 Å². The minimum absolute atomic E-state index is 0. The van der Waals surface area contributed by atoms with Crippen molar-refractivity contribution in [2.24, 2.45) is 4.99 Å². The second-order valence-corrected chi connectivity index (χ2v) is 6.48. The monoisotopic (exact) mass is 496 g/mol. The Hall–Kier alpha value is -2.03. The Morgan fingerprint density at radius 3 is 2.64 bits per heavy atom. The van der Waals surface area contributed by atoms with E-state index in [0.29, 0.717) is 30.8 Å². The van der Waals surface area contributed by atoms with Gasteiger partial charge in [-0.15, -0.1) is 24.0 Å². The lowest BCUT2D eigenvalue weighted by molar-refractivity contribution is 0.300. The van der Waals surface area contributed by atoms with Gasteiger partial charge >= 0.3 is 0 Å². The number of hydrogen-bond donors (Lipinski definition) is 2. The molecule has 0 aliphatic heterocycles. The van der Waals surface area contributed by atoms with Crippen LogP contribution in [0.1, 0.15) is 38.7 Å². The molecule has 0 radical (unpaired) electrons. The van der Waals surface area contributed by atoms with Gasteiger partial charge in [0.05, 0.1) is 13.2 Å². The molecular weight excluding hydrogens is 467 g/mol. The van der Waals surface area contributed by atoms with E-state index in [1.165, 1.54) is 12.8 Å². The molecule has 0 spiro atoms. The van der Waals surface area contributed by atoms with E-state index in [9.17, 15) is 0 Å². The predicted molar refractivity (Wildman–Crippen MR) is 123 cm³/mol. The minimum atomic E-state index is 0. The van der Waals surface area contributed by atoms with Crippen LogP contribution in [0.3, 0.4) is 0 Å². The van der Waals surface area contributed by atoms with Gasteiger partial charge in [-0.1, -0.05) is 25.1 Å². The molecule has 3 rings (SSSR count). The van der Waals surface area contributed by atoms with Gasteiger partial charge in [-0.05, 0) is 44.4 Å². The maximum absolute atomic E-state index is 6.08. The fraction of sp³-hybridized carbons (Fsp3) is 0.429. The number of benzene rings is 1. The molecule has 0 atom stereocenters. The first-order chi connectivity index (χ1) is 13.3. The van der Waals surface area contributed by atoms with Gasteiger partial charge in [-0.3, -0.25) is 0 Å². The standard InChI is InChI=1S/C21H28N4O2.HI/c1-3-14-26-18-9-5-6-10-19(18)27-20-16(8-7-13-23-20)15-24-21(22-4-2)25-17-11-12-17;/h5-10,13,17H,3-4,11-12,14-15H2,1-2H3,(H2,22,24,25);1H. The molecule has 1 aliphatic carbocycles. The van der Waals surface area contributed by atoms with E-state index in [-0.39, 0.29) is 24.0 Å². The maximum Gasteiger partial charge on any atom is 0.224 e. The first-order valence-electron chi connectivity index (χ1n) is 9.68. The van der Waals surface area contributed by atoms with Gasteiger partial charge in [-0.2, -0.15) is 0 Å². The number of nitrogens with one attached hydrogen (secondary N) is 2. The highest BCUT2D eigenvalue weighted by molar-refractivity contribution is 14.0. The van der Waals surface area contributed by atoms with Crippen LogP contribution in [0.4, 0.5) is 0 Å². The molecule has 1 aliphatic rings. The summed E-state index contributed by atoms with van der Waals surface area (Å²) in [6.45, 7) is 6.12. The summed E-state index contributed by atoms with van der Waals surface area (Å²) in [4.78, 5) is 9.09. The molecule has 1 fully saturated rings. The van der Waals surface area contributed by atoms with Gasteiger partial charge in [-0.25, -0.2) is 9.98 Å². The smallest absolute Gasteiger partial charge is 0.224 e. The van der Waals surface area contributed by atoms with Crippen molar-refractivity contribution in [1.82, 2.24) is 15.6 Å². The molecule has 28 heavy (non-hydrogen) atoms. The average Bonchev–Trinajstić information content (AvgIpc) is 3.51. The molecular formula is C21H29IN4O2. The number of halogens is 1. The Labute approximate surface area is 184 Å². The highest BCUT2D eigenvalue weighted by Gasteiger charge is 2.22. The van der Waals surface area contributed by atoms with Crippen LogP contribution in [-0.2, 0) is 6.54 Å². The lowest BCUT2D eigenvalue weighted by atomic mass is 10.2. The lowest BCUT2D eigenvalue weighted by Gasteiger charge is -2.14. The van der Waals surface area contributed by atoms with Crippen LogP contribution in [0.5, 0.6) is 17.4 Å². The first kappa shape index (κ1) is 22.3. The second kappa shape index (κ2) is 11.7. The number of hydrogen-bond acceptors (Lipinski definition) is 4. The largest absolute Gasteiger partial charge is 0.490 e. The summed E-state index contributed by atoms with van der Waals surface area (Å²) in [5.41, 5.74) is 0.927. The number of rotatable bonds is 9. The van der Waals surface area contributed by atoms with E-state index in [2.05, 4.69) is 34.5 Å². The molecule has 0 amide bonds. The van der Waals surface area contributed by atoms with E-state index in [4.69, 9.17) is 9.47 Å². The van der Waals surface area contributed by atoms with E-state index in [1.54, 1.807) is 6.20 Å². The van der Waals surface area contributed by atoms with Gasteiger partial charge in [0.25, 0.3) is 0 Å². The number of nitrogens with zero attached hydrogens (tertiary/aromatic N) is 2. The molecule has 1 aromatic carbocycles. The Kier molecular flexibility index (Phi) is 9.33. The molecule has 2 N–H and O–H groups in total. The summed E-state index contributed by atoms with van der Waals surface area (Å²) >= 11 is 0. The van der Waals surface area contributed by atoms with Crippen molar-refractivity contribution in [3.63, 3.8) is 0 Å². The van der Waals surface area contributed by atoms with Crippen molar-refractivity contribution < 1.29 is 9.47 Å². The molecule has 1 heterocycles. The summed E-state index contributed by atoms with van der Waals surface area (Å²) < 4.78 is 11.9. The maximum atomic E-state index is 6.08. The van der Waals surface area contributed by atoms with Crippen LogP contribution in [0.15, 0.2) is 47.6 Å². The average molecular weight is 496 g/mol. The van der Waals surface area contributed by atoms with Crippen LogP contribution in [0, 0.1) is 0 Å². The summed E-state index contributed by atoms with van der Waals surface area (Å²) in [5, 5.41) is 6.70. The van der Waals surface area contributed by atoms with Crippen LogP contribution in [-0.4, -0.2) is 30.1 Å². The highest BCUT2D eigenvalue weighted by Crippen LogP contribution is 2.32. The molecule has 0 saturated heterocycles. The van der Waals surface area contributed by atoms with E-state index in [0.717, 1.165) is 30.2 Å². The van der Waals surface area contributed by atoms with Crippen LogP contribution < -0.4 is 20.1 Å². The van der Waals surface area contributed by atoms with Gasteiger partial charge in [0.2, 0.25) is 5.88 Å². The highest BCUT2D eigenvalue weighted by atomic mass is 127. The third kappa shape index (κ3) is 6.85. The second-order valence-electron chi connectivity index (χ2n) is 6.48. The molecule has 152 valence electrons. The van der Waals surface area contributed by atoms with Crippen molar-refractivity contribution in [2.45, 2.75) is 45.7 Å². The normalized spacial score (nSPS) is 13.4. The van der Waals surface area contributed by atoms with Gasteiger partial charge < -0.3 is 20.1 Å². The third-order valence-electron chi connectivity index (χ3n) is 4.04. The molecule has 0 bridgehead atoms. The number of pyridine rings is 1. The van der Waals surface area contributed by atoms with Crippen molar-refractivity contribution in [3.8, 4) is 17.4 Å². The molecule has 1 aromatic heterocycles. The summed E-state index contributed by atoms with van der Waals surface area (Å²) in [5.74, 6) is 2.78. The van der Waals surface area contributed by atoms with Crippen molar-refractivity contribution in [2.75, 3.05) is 13.2 Å². The zero-order valence-corrected chi connectivity index (χ0v) is 18.8. The lowest BCUT2D eigenvalue weighted by Crippen LogP contribution is -2.38. The number of guanidine groups is 1. The van der Waals surface area contributed by atoms with Crippen molar-refractivity contribution in [1.29, 1.82) is 0 Å². The molecule has 7 heteroatoms. The Morgan fingerprint density at radius 1 is 1.14 bits per heavy atom. The summed E-state index contributed by atoms with van der Waals surface area (Å²) in [6.07, 6.45) is 5.09. The summed E-state index contributed by atoms with van der Waals surface area (Å²) in [7, 11) is 0. The quantitative estimate of drug-likeness (QED) is 0.304. The minimum Gasteiger partial charge on any atom is -0.490 e. The molecule has 6 nitrogen and oxygen atoms in total. The fourth-order valence-electron chi connectivity index (χ4n) is 2.51. The number of aromatic nitrogens is 1. The van der Waals surface area contributed by atoms with E-state index < -0.39 is 0 Å². The van der Waals surface area contributed by atoms with Crippen LogP contribution in [0.25, 0.3) is 0 Å². The molecule has 1 saturated carbocycles. The van der Waals surface area contributed by atoms with Crippen molar-refractivity contribution in [3.05, 3.63) is 48.2 Å². The zero-order valence-electron chi connectivity index (χ0n) is 16.5. The fourth-order valence-corrected chi connectivity index (χ4v) is 2.51. The Morgan fingerprint density at radius 2 is 1.93 bits per heavy atom. The van der Waals surface area contributed by atoms with Crippen LogP contribution in [0.2, 0.25) is 0 Å². The summed E-state index contributed by atoms with van der Waals surface area (Å²) in [6, 6.07) is 12.1. The van der Waals surface area contributed by atoms with E-state index in [1.807, 2.05) is 36.4 Å². The molecule has 0 unspecified atom stereocenters.